The van der Waals surface area contributed by atoms with E-state index in [0.29, 0.717) is 24.7 Å². The van der Waals surface area contributed by atoms with E-state index in [9.17, 15) is 9.59 Å². The monoisotopic (exact) mass is 373 g/mol. The maximum absolute atomic E-state index is 12.7. The normalized spacial score (nSPS) is 10.7. The second-order valence-electron chi connectivity index (χ2n) is 6.32. The van der Waals surface area contributed by atoms with Crippen molar-refractivity contribution in [3.63, 3.8) is 0 Å². The molecule has 5 nitrogen and oxygen atoms in total. The number of carbonyl (C=O) groups is 2. The maximum Gasteiger partial charge on any atom is 0.237 e. The summed E-state index contributed by atoms with van der Waals surface area (Å²) in [7, 11) is 1.88. The van der Waals surface area contributed by atoms with E-state index in [2.05, 4.69) is 0 Å². The van der Waals surface area contributed by atoms with Gasteiger partial charge in [0.2, 0.25) is 11.8 Å². The standard InChI is InChI=1S/C20H24ClN3O2/c1-23(13-17-8-5-9-18(21)12-17)15-20(26)24(11-10-19(22)25)14-16-6-3-2-4-7-16/h2-9,12H,10-11,13-15H2,1H3,(H2,22,25). The summed E-state index contributed by atoms with van der Waals surface area (Å²) in [6.07, 6.45) is 0.149. The summed E-state index contributed by atoms with van der Waals surface area (Å²) in [6, 6.07) is 17.3. The molecule has 6 heteroatoms. The molecular weight excluding hydrogens is 350 g/mol. The number of carbonyl (C=O) groups excluding carboxylic acids is 2. The Labute approximate surface area is 159 Å². The van der Waals surface area contributed by atoms with Crippen molar-refractivity contribution in [3.05, 3.63) is 70.7 Å². The number of hydrogen-bond acceptors (Lipinski definition) is 3. The Bertz CT molecular complexity index is 737. The first-order valence-corrected chi connectivity index (χ1v) is 8.85. The highest BCUT2D eigenvalue weighted by atomic mass is 35.5. The number of benzene rings is 2. The molecule has 0 saturated carbocycles. The summed E-state index contributed by atoms with van der Waals surface area (Å²) in [5.74, 6) is -0.456. The van der Waals surface area contributed by atoms with Gasteiger partial charge in [-0.05, 0) is 30.3 Å². The topological polar surface area (TPSA) is 66.6 Å². The Hall–Kier alpha value is -2.37. The minimum Gasteiger partial charge on any atom is -0.370 e. The van der Waals surface area contributed by atoms with Crippen LogP contribution in [0.15, 0.2) is 54.6 Å². The summed E-state index contributed by atoms with van der Waals surface area (Å²) in [6.45, 7) is 1.63. The van der Waals surface area contributed by atoms with Crippen LogP contribution in [0.5, 0.6) is 0 Å². The van der Waals surface area contributed by atoms with Gasteiger partial charge in [0.1, 0.15) is 0 Å². The zero-order valence-corrected chi connectivity index (χ0v) is 15.7. The summed E-state index contributed by atoms with van der Waals surface area (Å²) < 4.78 is 0. The average Bonchev–Trinajstić information content (AvgIpc) is 2.59. The molecule has 2 rings (SSSR count). The Morgan fingerprint density at radius 3 is 2.35 bits per heavy atom. The lowest BCUT2D eigenvalue weighted by Gasteiger charge is -2.25. The van der Waals surface area contributed by atoms with Crippen LogP contribution in [0.3, 0.4) is 0 Å². The molecule has 2 N–H and O–H groups in total. The minimum atomic E-state index is -0.414. The van der Waals surface area contributed by atoms with Gasteiger partial charge in [-0.15, -0.1) is 0 Å². The molecular formula is C20H24ClN3O2. The number of likely N-dealkylation sites (N-methyl/N-ethyl adjacent to an activating group) is 1. The third kappa shape index (κ3) is 6.86. The van der Waals surface area contributed by atoms with E-state index in [1.165, 1.54) is 0 Å². The predicted molar refractivity (Wildman–Crippen MR) is 103 cm³/mol. The lowest BCUT2D eigenvalue weighted by molar-refractivity contribution is -0.133. The zero-order chi connectivity index (χ0) is 18.9. The molecule has 0 saturated heterocycles. The van der Waals surface area contributed by atoms with Crippen LogP contribution in [0.1, 0.15) is 17.5 Å². The van der Waals surface area contributed by atoms with E-state index >= 15 is 0 Å². The molecule has 0 aliphatic carbocycles. The number of nitrogens with two attached hydrogens (primary N) is 1. The highest BCUT2D eigenvalue weighted by Crippen LogP contribution is 2.12. The smallest absolute Gasteiger partial charge is 0.237 e. The Balaban J connectivity index is 1.98. The largest absolute Gasteiger partial charge is 0.370 e. The molecule has 0 aliphatic rings. The highest BCUT2D eigenvalue weighted by Gasteiger charge is 2.17. The molecule has 0 unspecified atom stereocenters. The lowest BCUT2D eigenvalue weighted by atomic mass is 10.2. The van der Waals surface area contributed by atoms with Crippen LogP contribution >= 0.6 is 11.6 Å². The van der Waals surface area contributed by atoms with E-state index in [4.69, 9.17) is 17.3 Å². The van der Waals surface area contributed by atoms with Crippen molar-refractivity contribution in [2.24, 2.45) is 5.73 Å². The van der Waals surface area contributed by atoms with E-state index in [1.54, 1.807) is 4.90 Å². The van der Waals surface area contributed by atoms with Crippen molar-refractivity contribution < 1.29 is 9.59 Å². The van der Waals surface area contributed by atoms with Crippen molar-refractivity contribution in [3.8, 4) is 0 Å². The fraction of sp³-hybridized carbons (Fsp3) is 0.300. The van der Waals surface area contributed by atoms with E-state index < -0.39 is 5.91 Å². The third-order valence-corrected chi connectivity index (χ3v) is 4.18. The van der Waals surface area contributed by atoms with Crippen molar-refractivity contribution in [1.29, 1.82) is 0 Å². The van der Waals surface area contributed by atoms with Crippen LogP contribution in [-0.2, 0) is 22.7 Å². The number of rotatable bonds is 9. The van der Waals surface area contributed by atoms with Crippen molar-refractivity contribution in [1.82, 2.24) is 9.80 Å². The molecule has 26 heavy (non-hydrogen) atoms. The van der Waals surface area contributed by atoms with Crippen molar-refractivity contribution >= 4 is 23.4 Å². The quantitative estimate of drug-likeness (QED) is 0.734. The molecule has 0 aliphatic heterocycles. The van der Waals surface area contributed by atoms with Gasteiger partial charge in [-0.2, -0.15) is 0 Å². The zero-order valence-electron chi connectivity index (χ0n) is 14.9. The molecule has 0 aromatic heterocycles. The molecule has 0 spiro atoms. The van der Waals surface area contributed by atoms with Crippen molar-refractivity contribution in [2.45, 2.75) is 19.5 Å². The van der Waals surface area contributed by atoms with Crippen molar-refractivity contribution in [2.75, 3.05) is 20.1 Å². The lowest BCUT2D eigenvalue weighted by Crippen LogP contribution is -2.40. The first-order chi connectivity index (χ1) is 12.4. The van der Waals surface area contributed by atoms with Gasteiger partial charge in [0, 0.05) is 31.1 Å². The molecule has 0 atom stereocenters. The Kier molecular flexibility index (Phi) is 7.63. The van der Waals surface area contributed by atoms with Gasteiger partial charge in [0.15, 0.2) is 0 Å². The molecule has 0 fully saturated rings. The fourth-order valence-corrected chi connectivity index (χ4v) is 2.89. The number of hydrogen-bond donors (Lipinski definition) is 1. The van der Waals surface area contributed by atoms with Crippen LogP contribution in [0.4, 0.5) is 0 Å². The summed E-state index contributed by atoms with van der Waals surface area (Å²) in [4.78, 5) is 27.5. The SMILES string of the molecule is CN(CC(=O)N(CCC(N)=O)Cc1ccccc1)Cc1cccc(Cl)c1. The van der Waals surface area contributed by atoms with E-state index in [-0.39, 0.29) is 18.9 Å². The highest BCUT2D eigenvalue weighted by molar-refractivity contribution is 6.30. The first-order valence-electron chi connectivity index (χ1n) is 8.47. The second-order valence-corrected chi connectivity index (χ2v) is 6.76. The van der Waals surface area contributed by atoms with Gasteiger partial charge in [-0.3, -0.25) is 14.5 Å². The molecule has 0 radical (unpaired) electrons. The summed E-state index contributed by atoms with van der Waals surface area (Å²) >= 11 is 6.01. The molecule has 138 valence electrons. The molecule has 0 bridgehead atoms. The number of primary amides is 1. The molecule has 0 heterocycles. The molecule has 2 aromatic carbocycles. The average molecular weight is 374 g/mol. The van der Waals surface area contributed by atoms with Gasteiger partial charge >= 0.3 is 0 Å². The Morgan fingerprint density at radius 2 is 1.69 bits per heavy atom. The third-order valence-electron chi connectivity index (χ3n) is 3.94. The van der Waals surface area contributed by atoms with Gasteiger partial charge in [0.25, 0.3) is 0 Å². The van der Waals surface area contributed by atoms with Gasteiger partial charge in [-0.25, -0.2) is 0 Å². The predicted octanol–water partition coefficient (Wildman–Crippen LogP) is 2.68. The van der Waals surface area contributed by atoms with Gasteiger partial charge < -0.3 is 10.6 Å². The maximum atomic E-state index is 12.7. The van der Waals surface area contributed by atoms with Crippen LogP contribution in [0.2, 0.25) is 5.02 Å². The van der Waals surface area contributed by atoms with Gasteiger partial charge in [-0.1, -0.05) is 54.1 Å². The molecule has 2 aromatic rings. The first kappa shape index (κ1) is 19.9. The van der Waals surface area contributed by atoms with Crippen LogP contribution in [-0.4, -0.2) is 41.8 Å². The molecule has 2 amide bonds. The fourth-order valence-electron chi connectivity index (χ4n) is 2.67. The minimum absolute atomic E-state index is 0.0420. The second kappa shape index (κ2) is 9.94. The van der Waals surface area contributed by atoms with Crippen LogP contribution in [0.25, 0.3) is 0 Å². The van der Waals surface area contributed by atoms with Crippen LogP contribution < -0.4 is 5.73 Å². The van der Waals surface area contributed by atoms with Crippen LogP contribution in [0, 0.1) is 0 Å². The number of amides is 2. The number of nitrogens with zero attached hydrogens (tertiary/aromatic N) is 2. The van der Waals surface area contributed by atoms with E-state index in [1.807, 2.05) is 66.5 Å². The van der Waals surface area contributed by atoms with Gasteiger partial charge in [0.05, 0.1) is 6.54 Å². The van der Waals surface area contributed by atoms with E-state index in [0.717, 1.165) is 11.1 Å². The summed E-state index contributed by atoms with van der Waals surface area (Å²) in [5, 5.41) is 0.675. The number of halogens is 1. The summed E-state index contributed by atoms with van der Waals surface area (Å²) in [5.41, 5.74) is 7.31. The Morgan fingerprint density at radius 1 is 1.00 bits per heavy atom.